The van der Waals surface area contributed by atoms with Crippen LogP contribution in [0.3, 0.4) is 0 Å². The monoisotopic (exact) mass is 370 g/mol. The van der Waals surface area contributed by atoms with E-state index in [1.54, 1.807) is 32.9 Å². The summed E-state index contributed by atoms with van der Waals surface area (Å²) in [7, 11) is -3.81. The third-order valence-electron chi connectivity index (χ3n) is 2.86. The Balaban J connectivity index is 2.48. The molecule has 0 fully saturated rings. The van der Waals surface area contributed by atoms with Crippen molar-refractivity contribution in [3.8, 4) is 0 Å². The Morgan fingerprint density at radius 1 is 1.10 bits per heavy atom. The fourth-order valence-corrected chi connectivity index (χ4v) is 3.77. The van der Waals surface area contributed by atoms with Crippen LogP contribution in [0, 0.1) is 20.8 Å². The molecule has 0 spiro atoms. The summed E-state index contributed by atoms with van der Waals surface area (Å²) >= 11 is 3.24. The number of anilines is 2. The second-order valence-electron chi connectivity index (χ2n) is 4.70. The molecule has 21 heavy (non-hydrogen) atoms. The van der Waals surface area contributed by atoms with Crippen molar-refractivity contribution in [3.63, 3.8) is 0 Å². The number of benzene rings is 1. The first-order valence-electron chi connectivity index (χ1n) is 6.10. The lowest BCUT2D eigenvalue weighted by atomic mass is 10.2. The molecule has 0 aliphatic rings. The van der Waals surface area contributed by atoms with Gasteiger partial charge in [-0.1, -0.05) is 15.9 Å². The number of nitrogen functional groups attached to an aromatic ring is 1. The highest BCUT2D eigenvalue weighted by molar-refractivity contribution is 9.10. The molecule has 0 unspecified atom stereocenters. The van der Waals surface area contributed by atoms with E-state index in [0.29, 0.717) is 27.1 Å². The van der Waals surface area contributed by atoms with Gasteiger partial charge in [-0.05, 0) is 44.5 Å². The summed E-state index contributed by atoms with van der Waals surface area (Å²) in [5.41, 5.74) is 8.05. The lowest BCUT2D eigenvalue weighted by Gasteiger charge is -2.12. The Kier molecular flexibility index (Phi) is 4.20. The SMILES string of the molecule is Cc1cc(C)nc(NS(=O)(=O)c2cc(Br)cc(N)c2C)n1. The average Bonchev–Trinajstić information content (AvgIpc) is 2.31. The summed E-state index contributed by atoms with van der Waals surface area (Å²) in [6.45, 7) is 5.20. The maximum absolute atomic E-state index is 12.5. The molecule has 0 atom stereocenters. The van der Waals surface area contributed by atoms with Gasteiger partial charge in [0.2, 0.25) is 5.95 Å². The summed E-state index contributed by atoms with van der Waals surface area (Å²) in [6.07, 6.45) is 0. The number of hydrogen-bond acceptors (Lipinski definition) is 5. The normalized spacial score (nSPS) is 11.4. The number of hydrogen-bond donors (Lipinski definition) is 2. The molecule has 0 aliphatic carbocycles. The number of nitrogens with one attached hydrogen (secondary N) is 1. The molecule has 0 bridgehead atoms. The fraction of sp³-hybridized carbons (Fsp3) is 0.231. The van der Waals surface area contributed by atoms with Crippen molar-refractivity contribution in [1.29, 1.82) is 0 Å². The van der Waals surface area contributed by atoms with Crippen molar-refractivity contribution in [2.24, 2.45) is 0 Å². The van der Waals surface area contributed by atoms with E-state index in [9.17, 15) is 8.42 Å². The van der Waals surface area contributed by atoms with Gasteiger partial charge in [0.1, 0.15) is 0 Å². The van der Waals surface area contributed by atoms with Crippen molar-refractivity contribution in [2.45, 2.75) is 25.7 Å². The van der Waals surface area contributed by atoms with Gasteiger partial charge in [0, 0.05) is 21.5 Å². The van der Waals surface area contributed by atoms with Gasteiger partial charge in [-0.2, -0.15) is 0 Å². The van der Waals surface area contributed by atoms with Crippen molar-refractivity contribution >= 4 is 37.6 Å². The van der Waals surface area contributed by atoms with E-state index in [0.717, 1.165) is 0 Å². The van der Waals surface area contributed by atoms with Crippen molar-refractivity contribution in [2.75, 3.05) is 10.5 Å². The Hall–Kier alpha value is -1.67. The zero-order valence-corrected chi connectivity index (χ0v) is 14.2. The van der Waals surface area contributed by atoms with Gasteiger partial charge in [0.15, 0.2) is 0 Å². The predicted octanol–water partition coefficient (Wildman–Crippen LogP) is 2.55. The fourth-order valence-electron chi connectivity index (χ4n) is 1.90. The minimum Gasteiger partial charge on any atom is -0.398 e. The third kappa shape index (κ3) is 3.51. The van der Waals surface area contributed by atoms with Crippen LogP contribution in [0.1, 0.15) is 17.0 Å². The van der Waals surface area contributed by atoms with E-state index in [1.807, 2.05) is 0 Å². The second-order valence-corrected chi connectivity index (χ2v) is 7.26. The van der Waals surface area contributed by atoms with Crippen LogP contribution in [0.4, 0.5) is 11.6 Å². The largest absolute Gasteiger partial charge is 0.398 e. The van der Waals surface area contributed by atoms with E-state index in [-0.39, 0.29) is 10.8 Å². The van der Waals surface area contributed by atoms with E-state index in [1.165, 1.54) is 6.07 Å². The highest BCUT2D eigenvalue weighted by Crippen LogP contribution is 2.27. The molecular formula is C13H15BrN4O2S. The average molecular weight is 371 g/mol. The van der Waals surface area contributed by atoms with Gasteiger partial charge >= 0.3 is 0 Å². The summed E-state index contributed by atoms with van der Waals surface area (Å²) < 4.78 is 27.9. The predicted molar refractivity (Wildman–Crippen MR) is 85.6 cm³/mol. The molecule has 1 heterocycles. The van der Waals surface area contributed by atoms with Crippen LogP contribution in [0.25, 0.3) is 0 Å². The molecule has 0 saturated carbocycles. The lowest BCUT2D eigenvalue weighted by molar-refractivity contribution is 0.600. The maximum Gasteiger partial charge on any atom is 0.264 e. The number of nitrogens with zero attached hydrogens (tertiary/aromatic N) is 2. The molecule has 0 aliphatic heterocycles. The highest BCUT2D eigenvalue weighted by atomic mass is 79.9. The smallest absolute Gasteiger partial charge is 0.264 e. The molecule has 1 aromatic heterocycles. The van der Waals surface area contributed by atoms with Crippen LogP contribution in [-0.4, -0.2) is 18.4 Å². The Bertz CT molecular complexity index is 786. The van der Waals surface area contributed by atoms with Crippen LogP contribution < -0.4 is 10.5 Å². The Labute approximate surface area is 132 Å². The quantitative estimate of drug-likeness (QED) is 0.808. The molecule has 2 rings (SSSR count). The summed E-state index contributed by atoms with van der Waals surface area (Å²) in [5, 5.41) is 0. The molecule has 1 aromatic carbocycles. The topological polar surface area (TPSA) is 98.0 Å². The number of nitrogens with two attached hydrogens (primary N) is 1. The van der Waals surface area contributed by atoms with Crippen LogP contribution in [-0.2, 0) is 10.0 Å². The zero-order valence-electron chi connectivity index (χ0n) is 11.8. The first-order chi connectivity index (χ1) is 9.69. The molecule has 3 N–H and O–H groups in total. The molecular weight excluding hydrogens is 356 g/mol. The minimum absolute atomic E-state index is 0.0467. The molecule has 0 amide bonds. The number of aromatic nitrogens is 2. The number of rotatable bonds is 3. The lowest BCUT2D eigenvalue weighted by Crippen LogP contribution is -2.17. The van der Waals surface area contributed by atoms with Gasteiger partial charge in [0.25, 0.3) is 10.0 Å². The van der Waals surface area contributed by atoms with Gasteiger partial charge in [-0.3, -0.25) is 0 Å². The van der Waals surface area contributed by atoms with Crippen LogP contribution in [0.15, 0.2) is 27.6 Å². The first kappa shape index (κ1) is 15.7. The van der Waals surface area contributed by atoms with Gasteiger partial charge in [-0.25, -0.2) is 23.1 Å². The number of halogens is 1. The molecule has 0 radical (unpaired) electrons. The zero-order chi connectivity index (χ0) is 15.8. The van der Waals surface area contributed by atoms with Crippen LogP contribution >= 0.6 is 15.9 Å². The Morgan fingerprint density at radius 2 is 1.67 bits per heavy atom. The standard InChI is InChI=1S/C13H15BrN4O2S/c1-7-4-8(2)17-13(16-7)18-21(19,20)12-6-10(14)5-11(15)9(12)3/h4-6H,15H2,1-3H3,(H,16,17,18). The van der Waals surface area contributed by atoms with Gasteiger partial charge in [-0.15, -0.1) is 0 Å². The van der Waals surface area contributed by atoms with Gasteiger partial charge < -0.3 is 5.73 Å². The van der Waals surface area contributed by atoms with E-state index in [2.05, 4.69) is 30.6 Å². The second kappa shape index (κ2) is 5.61. The summed E-state index contributed by atoms with van der Waals surface area (Å²) in [4.78, 5) is 8.24. The van der Waals surface area contributed by atoms with Crippen LogP contribution in [0.2, 0.25) is 0 Å². The first-order valence-corrected chi connectivity index (χ1v) is 8.37. The molecule has 0 saturated heterocycles. The highest BCUT2D eigenvalue weighted by Gasteiger charge is 2.20. The molecule has 112 valence electrons. The minimum atomic E-state index is -3.81. The number of sulfonamides is 1. The third-order valence-corrected chi connectivity index (χ3v) is 4.77. The van der Waals surface area contributed by atoms with Gasteiger partial charge in [0.05, 0.1) is 4.90 Å². The van der Waals surface area contributed by atoms with Crippen LogP contribution in [0.5, 0.6) is 0 Å². The summed E-state index contributed by atoms with van der Waals surface area (Å²) in [5.74, 6) is 0.0467. The van der Waals surface area contributed by atoms with E-state index in [4.69, 9.17) is 5.73 Å². The molecule has 2 aromatic rings. The van der Waals surface area contributed by atoms with Crippen molar-refractivity contribution in [1.82, 2.24) is 9.97 Å². The van der Waals surface area contributed by atoms with E-state index < -0.39 is 10.0 Å². The summed E-state index contributed by atoms with van der Waals surface area (Å²) in [6, 6.07) is 4.92. The van der Waals surface area contributed by atoms with Crippen molar-refractivity contribution in [3.05, 3.63) is 39.6 Å². The molecule has 8 heteroatoms. The van der Waals surface area contributed by atoms with E-state index >= 15 is 0 Å². The van der Waals surface area contributed by atoms with Crippen molar-refractivity contribution < 1.29 is 8.42 Å². The maximum atomic E-state index is 12.5. The number of aryl methyl sites for hydroxylation is 2. The molecule has 6 nitrogen and oxygen atoms in total. The Morgan fingerprint density at radius 3 is 2.24 bits per heavy atom.